The Morgan fingerprint density at radius 3 is 2.06 bits per heavy atom. The number of hydrogen-bond acceptors (Lipinski definition) is 2. The van der Waals surface area contributed by atoms with Crippen LogP contribution in [0.15, 0.2) is 42.5 Å². The number of rotatable bonds is 1. The van der Waals surface area contributed by atoms with Gasteiger partial charge in [0.2, 0.25) is 11.6 Å². The molecule has 0 unspecified atom stereocenters. The number of ketones is 2. The predicted octanol–water partition coefficient (Wildman–Crippen LogP) is 3.11. The molecule has 2 aromatic rings. The van der Waals surface area contributed by atoms with E-state index in [0.717, 1.165) is 16.7 Å². The molecule has 1 aliphatic carbocycles. The van der Waals surface area contributed by atoms with E-state index in [1.165, 1.54) is 0 Å². The van der Waals surface area contributed by atoms with E-state index in [1.54, 1.807) is 18.2 Å². The zero-order valence-corrected chi connectivity index (χ0v) is 9.77. The third-order valence-corrected chi connectivity index (χ3v) is 3.29. The van der Waals surface area contributed by atoms with Crippen molar-refractivity contribution >= 4 is 11.6 Å². The molecular formula is C16H11O2. The fourth-order valence-corrected chi connectivity index (χ4v) is 2.33. The molecule has 0 saturated heterocycles. The lowest BCUT2D eigenvalue weighted by molar-refractivity contribution is 0.0815. The molecule has 87 valence electrons. The van der Waals surface area contributed by atoms with Gasteiger partial charge >= 0.3 is 0 Å². The van der Waals surface area contributed by atoms with E-state index in [9.17, 15) is 9.59 Å². The lowest BCUT2D eigenvalue weighted by Crippen LogP contribution is -2.21. The van der Waals surface area contributed by atoms with Crippen molar-refractivity contribution in [3.8, 4) is 11.1 Å². The Morgan fingerprint density at radius 1 is 0.778 bits per heavy atom. The van der Waals surface area contributed by atoms with Gasteiger partial charge in [0, 0.05) is 11.1 Å². The summed E-state index contributed by atoms with van der Waals surface area (Å²) < 4.78 is 0. The topological polar surface area (TPSA) is 34.1 Å². The van der Waals surface area contributed by atoms with Crippen LogP contribution in [0.5, 0.6) is 0 Å². The van der Waals surface area contributed by atoms with Crippen LogP contribution in [0.3, 0.4) is 0 Å². The minimum absolute atomic E-state index is 0.416. The summed E-state index contributed by atoms with van der Waals surface area (Å²) in [5.41, 5.74) is 3.74. The number of Topliss-reactive ketones (excluding diaryl/α,β-unsaturated/α-hetero) is 2. The van der Waals surface area contributed by atoms with Crippen molar-refractivity contribution in [2.75, 3.05) is 0 Å². The number of carbonyl (C=O) groups is 2. The van der Waals surface area contributed by atoms with Crippen molar-refractivity contribution < 1.29 is 9.59 Å². The smallest absolute Gasteiger partial charge is 0.234 e. The lowest BCUT2D eigenvalue weighted by atomic mass is 9.83. The second-order valence-electron chi connectivity index (χ2n) is 4.33. The molecule has 0 heterocycles. The normalized spacial score (nSPS) is 13.2. The second-order valence-corrected chi connectivity index (χ2v) is 4.33. The van der Waals surface area contributed by atoms with Gasteiger partial charge < -0.3 is 0 Å². The summed E-state index contributed by atoms with van der Waals surface area (Å²) in [6.07, 6.45) is 0.664. The molecule has 0 aliphatic heterocycles. The van der Waals surface area contributed by atoms with Gasteiger partial charge in [-0.25, -0.2) is 0 Å². The number of hydrogen-bond donors (Lipinski definition) is 0. The van der Waals surface area contributed by atoms with Crippen LogP contribution in [0.2, 0.25) is 0 Å². The summed E-state index contributed by atoms with van der Waals surface area (Å²) in [6, 6.07) is 12.8. The third kappa shape index (κ3) is 1.42. The van der Waals surface area contributed by atoms with Crippen LogP contribution in [-0.4, -0.2) is 11.6 Å². The van der Waals surface area contributed by atoms with E-state index in [2.05, 4.69) is 6.92 Å². The van der Waals surface area contributed by atoms with Crippen LogP contribution >= 0.6 is 0 Å². The van der Waals surface area contributed by atoms with Crippen LogP contribution in [-0.2, 0) is 6.42 Å². The quantitative estimate of drug-likeness (QED) is 0.712. The zero-order valence-electron chi connectivity index (χ0n) is 9.77. The third-order valence-electron chi connectivity index (χ3n) is 3.29. The molecule has 0 bridgehead atoms. The van der Waals surface area contributed by atoms with Gasteiger partial charge in [-0.1, -0.05) is 42.5 Å². The SMILES string of the molecule is [CH2]Cc1ccc2c(c1)-c1ccccc1C(=O)C2=O. The van der Waals surface area contributed by atoms with Gasteiger partial charge in [-0.05, 0) is 30.0 Å². The molecule has 0 spiro atoms. The van der Waals surface area contributed by atoms with Crippen molar-refractivity contribution in [2.45, 2.75) is 6.42 Å². The molecule has 2 nitrogen and oxygen atoms in total. The molecule has 1 radical (unpaired) electrons. The predicted molar refractivity (Wildman–Crippen MR) is 69.6 cm³/mol. The van der Waals surface area contributed by atoms with Crippen LogP contribution < -0.4 is 0 Å². The van der Waals surface area contributed by atoms with Gasteiger partial charge in [-0.2, -0.15) is 0 Å². The highest BCUT2D eigenvalue weighted by Gasteiger charge is 2.29. The van der Waals surface area contributed by atoms with Crippen LogP contribution in [0, 0.1) is 6.92 Å². The lowest BCUT2D eigenvalue weighted by Gasteiger charge is -2.18. The van der Waals surface area contributed by atoms with Gasteiger partial charge in [-0.3, -0.25) is 9.59 Å². The van der Waals surface area contributed by atoms with E-state index < -0.39 is 11.6 Å². The fourth-order valence-electron chi connectivity index (χ4n) is 2.33. The van der Waals surface area contributed by atoms with Gasteiger partial charge in [-0.15, -0.1) is 0 Å². The molecule has 2 heteroatoms. The van der Waals surface area contributed by atoms with Crippen molar-refractivity contribution in [1.82, 2.24) is 0 Å². The Kier molecular flexibility index (Phi) is 2.37. The Labute approximate surface area is 105 Å². The highest BCUT2D eigenvalue weighted by molar-refractivity contribution is 6.52. The zero-order chi connectivity index (χ0) is 12.7. The summed E-state index contributed by atoms with van der Waals surface area (Å²) in [7, 11) is 0. The maximum Gasteiger partial charge on any atom is 0.234 e. The average Bonchev–Trinajstić information content (AvgIpc) is 2.44. The number of carbonyl (C=O) groups excluding carboxylic acids is 2. The minimum atomic E-state index is -0.417. The minimum Gasteiger partial charge on any atom is -0.285 e. The van der Waals surface area contributed by atoms with Crippen LogP contribution in [0.1, 0.15) is 26.3 Å². The first-order chi connectivity index (χ1) is 8.72. The summed E-state index contributed by atoms with van der Waals surface area (Å²) in [5.74, 6) is -0.834. The highest BCUT2D eigenvalue weighted by atomic mass is 16.2. The maximum atomic E-state index is 12.0. The van der Waals surface area contributed by atoms with Gasteiger partial charge in [0.1, 0.15) is 0 Å². The molecule has 0 N–H and O–H groups in total. The van der Waals surface area contributed by atoms with Crippen molar-refractivity contribution in [3.63, 3.8) is 0 Å². The standard InChI is InChI=1S/C16H11O2/c1-2-10-7-8-13-14(9-10)11-5-3-4-6-12(11)15(17)16(13)18/h3-9H,1-2H2. The molecular weight excluding hydrogens is 224 g/mol. The van der Waals surface area contributed by atoms with E-state index in [-0.39, 0.29) is 0 Å². The first-order valence-electron chi connectivity index (χ1n) is 5.83. The van der Waals surface area contributed by atoms with Crippen molar-refractivity contribution in [2.24, 2.45) is 0 Å². The van der Waals surface area contributed by atoms with E-state index >= 15 is 0 Å². The Morgan fingerprint density at radius 2 is 1.39 bits per heavy atom. The first-order valence-corrected chi connectivity index (χ1v) is 5.83. The molecule has 0 aromatic heterocycles. The molecule has 3 rings (SSSR count). The van der Waals surface area contributed by atoms with E-state index in [4.69, 9.17) is 0 Å². The average molecular weight is 235 g/mol. The molecule has 0 fully saturated rings. The second kappa shape index (κ2) is 3.91. The van der Waals surface area contributed by atoms with Crippen molar-refractivity contribution in [3.05, 3.63) is 66.1 Å². The van der Waals surface area contributed by atoms with Crippen molar-refractivity contribution in [1.29, 1.82) is 0 Å². The summed E-state index contributed by atoms with van der Waals surface area (Å²) >= 11 is 0. The molecule has 18 heavy (non-hydrogen) atoms. The van der Waals surface area contributed by atoms with E-state index in [1.807, 2.05) is 24.3 Å². The molecule has 1 aliphatic rings. The maximum absolute atomic E-state index is 12.0. The van der Waals surface area contributed by atoms with Crippen LogP contribution in [0.25, 0.3) is 11.1 Å². The first kappa shape index (κ1) is 10.9. The Hall–Kier alpha value is -2.22. The van der Waals surface area contributed by atoms with Gasteiger partial charge in [0.15, 0.2) is 0 Å². The molecule has 0 amide bonds. The molecule has 0 atom stereocenters. The van der Waals surface area contributed by atoms with E-state index in [0.29, 0.717) is 17.5 Å². The highest BCUT2D eigenvalue weighted by Crippen LogP contribution is 2.33. The summed E-state index contributed by atoms with van der Waals surface area (Å²) in [5, 5.41) is 0. The summed E-state index contributed by atoms with van der Waals surface area (Å²) in [6.45, 7) is 3.84. The summed E-state index contributed by atoms with van der Waals surface area (Å²) in [4.78, 5) is 24.0. The van der Waals surface area contributed by atoms with Gasteiger partial charge in [0.05, 0.1) is 0 Å². The Bertz CT molecular complexity index is 669. The molecule has 0 saturated carbocycles. The largest absolute Gasteiger partial charge is 0.285 e. The molecule has 2 aromatic carbocycles. The Balaban J connectivity index is 2.35. The fraction of sp³-hybridized carbons (Fsp3) is 0.0625. The van der Waals surface area contributed by atoms with Crippen LogP contribution in [0.4, 0.5) is 0 Å². The number of benzene rings is 2. The van der Waals surface area contributed by atoms with Gasteiger partial charge in [0.25, 0.3) is 0 Å². The monoisotopic (exact) mass is 235 g/mol. The number of fused-ring (bicyclic) bond motifs is 3.